The molecule has 0 bridgehead atoms. The Morgan fingerprint density at radius 3 is 2.38 bits per heavy atom. The monoisotopic (exact) mass is 614 g/mol. The predicted octanol–water partition coefficient (Wildman–Crippen LogP) is 4.80. The van der Waals surface area contributed by atoms with Gasteiger partial charge in [-0.3, -0.25) is 19.3 Å². The maximum Gasteiger partial charge on any atom is 0.411 e. The topological polar surface area (TPSA) is 112 Å². The number of likely N-dealkylation sites (tertiary alicyclic amines) is 2. The molecule has 0 radical (unpaired) electrons. The van der Waals surface area contributed by atoms with Crippen LogP contribution in [0.1, 0.15) is 63.3 Å². The molecule has 10 nitrogen and oxygen atoms in total. The smallest absolute Gasteiger partial charge is 0.411 e. The van der Waals surface area contributed by atoms with Crippen molar-refractivity contribution >= 4 is 34.8 Å². The van der Waals surface area contributed by atoms with Gasteiger partial charge in [0, 0.05) is 42.7 Å². The summed E-state index contributed by atoms with van der Waals surface area (Å²) in [6.45, 7) is 7.06. The van der Waals surface area contributed by atoms with Crippen LogP contribution in [0.2, 0.25) is 0 Å². The molecule has 2 fully saturated rings. The fourth-order valence-corrected chi connectivity index (χ4v) is 6.85. The van der Waals surface area contributed by atoms with E-state index in [1.807, 2.05) is 54.6 Å². The Morgan fingerprint density at radius 1 is 0.867 bits per heavy atom. The van der Waals surface area contributed by atoms with Crippen molar-refractivity contribution in [3.63, 3.8) is 0 Å². The van der Waals surface area contributed by atoms with E-state index in [1.54, 1.807) is 30.6 Å². The van der Waals surface area contributed by atoms with Crippen LogP contribution in [0.5, 0.6) is 0 Å². The number of nitrogens with one attached hydrogen (secondary N) is 1. The van der Waals surface area contributed by atoms with Gasteiger partial charge in [0.25, 0.3) is 0 Å². The number of aromatic amines is 1. The molecule has 238 valence electrons. The van der Waals surface area contributed by atoms with Crippen LogP contribution >= 0.6 is 0 Å². The molecule has 6 rings (SSSR count). The van der Waals surface area contributed by atoms with Gasteiger partial charge in [0.05, 0.1) is 12.5 Å². The zero-order valence-electron chi connectivity index (χ0n) is 26.3. The molecule has 3 aliphatic heterocycles. The van der Waals surface area contributed by atoms with Crippen molar-refractivity contribution in [1.82, 2.24) is 19.7 Å². The van der Waals surface area contributed by atoms with Crippen molar-refractivity contribution in [2.75, 3.05) is 19.6 Å². The second-order valence-electron chi connectivity index (χ2n) is 13.4. The van der Waals surface area contributed by atoms with E-state index < -0.39 is 29.7 Å². The second-order valence-corrected chi connectivity index (χ2v) is 13.4. The van der Waals surface area contributed by atoms with Crippen molar-refractivity contribution in [3.05, 3.63) is 71.4 Å². The zero-order valence-corrected chi connectivity index (χ0v) is 26.3. The molecule has 1 aromatic heterocycles. The SMILES string of the molecule is CC(C)(C)OC(=O)N1Cc2[nH]c3ccccc3c2C[C@@H]1C(=O)N1CCC[C@H]1C(=O)N1CCCC(C(=O)OCc2ccccc2)C1. The second kappa shape index (κ2) is 12.6. The van der Waals surface area contributed by atoms with E-state index in [1.165, 1.54) is 4.90 Å². The number of esters is 1. The molecule has 2 saturated heterocycles. The number of hydrogen-bond donors (Lipinski definition) is 1. The van der Waals surface area contributed by atoms with Crippen LogP contribution in [-0.2, 0) is 43.4 Å². The maximum atomic E-state index is 14.4. The molecule has 3 atom stereocenters. The number of amides is 3. The van der Waals surface area contributed by atoms with Crippen molar-refractivity contribution in [2.24, 2.45) is 5.92 Å². The number of rotatable bonds is 5. The summed E-state index contributed by atoms with van der Waals surface area (Å²) < 4.78 is 11.3. The van der Waals surface area contributed by atoms with Gasteiger partial charge in [-0.2, -0.15) is 0 Å². The summed E-state index contributed by atoms with van der Waals surface area (Å²) in [5.41, 5.74) is 3.04. The fraction of sp³-hybridized carbons (Fsp3) is 0.486. The lowest BCUT2D eigenvalue weighted by atomic mass is 9.95. The first-order valence-corrected chi connectivity index (χ1v) is 16.0. The number of carbonyl (C=O) groups excluding carboxylic acids is 4. The molecule has 0 aliphatic carbocycles. The van der Waals surface area contributed by atoms with Gasteiger partial charge < -0.3 is 24.3 Å². The number of hydrogen-bond acceptors (Lipinski definition) is 6. The molecule has 45 heavy (non-hydrogen) atoms. The maximum absolute atomic E-state index is 14.4. The van der Waals surface area contributed by atoms with E-state index in [4.69, 9.17) is 9.47 Å². The van der Waals surface area contributed by atoms with Gasteiger partial charge in [-0.15, -0.1) is 0 Å². The number of aromatic nitrogens is 1. The van der Waals surface area contributed by atoms with E-state index in [0.29, 0.717) is 45.2 Å². The molecule has 3 amide bonds. The molecule has 3 aliphatic rings. The van der Waals surface area contributed by atoms with Crippen molar-refractivity contribution in [2.45, 2.75) is 83.7 Å². The molecule has 2 aromatic carbocycles. The molecule has 0 spiro atoms. The fourth-order valence-electron chi connectivity index (χ4n) is 6.85. The highest BCUT2D eigenvalue weighted by atomic mass is 16.6. The summed E-state index contributed by atoms with van der Waals surface area (Å²) in [7, 11) is 0. The lowest BCUT2D eigenvalue weighted by Crippen LogP contribution is -2.58. The third-order valence-electron chi connectivity index (χ3n) is 9.03. The molecular formula is C35H42N4O6. The number of H-pyrrole nitrogens is 1. The van der Waals surface area contributed by atoms with Gasteiger partial charge in [0.15, 0.2) is 0 Å². The number of para-hydroxylation sites is 1. The average molecular weight is 615 g/mol. The van der Waals surface area contributed by atoms with Gasteiger partial charge in [-0.1, -0.05) is 48.5 Å². The summed E-state index contributed by atoms with van der Waals surface area (Å²) >= 11 is 0. The van der Waals surface area contributed by atoms with E-state index >= 15 is 0 Å². The number of benzene rings is 2. The summed E-state index contributed by atoms with van der Waals surface area (Å²) in [4.78, 5) is 63.0. The molecular weight excluding hydrogens is 572 g/mol. The molecule has 3 aromatic rings. The Balaban J connectivity index is 1.18. The first kappa shape index (κ1) is 30.7. The standard InChI is InChI=1S/C35H42N4O6/c1-35(2,3)45-34(43)39-21-28-26(25-14-7-8-15-27(25)36-28)19-30(39)32(41)38-18-10-16-29(38)31(40)37-17-9-13-24(20-37)33(42)44-22-23-11-5-4-6-12-23/h4-8,11-12,14-15,24,29-30,36H,9-10,13,16-22H2,1-3H3/t24?,29-,30+/m0/s1. The average Bonchev–Trinajstić information content (AvgIpc) is 3.67. The first-order chi connectivity index (χ1) is 21.6. The highest BCUT2D eigenvalue weighted by molar-refractivity contribution is 5.94. The number of nitrogens with zero attached hydrogens (tertiary/aromatic N) is 3. The summed E-state index contributed by atoms with van der Waals surface area (Å²) in [6.07, 6.45) is 2.35. The number of fused-ring (bicyclic) bond motifs is 3. The van der Waals surface area contributed by atoms with Crippen LogP contribution in [0.4, 0.5) is 4.79 Å². The third-order valence-corrected chi connectivity index (χ3v) is 9.03. The van der Waals surface area contributed by atoms with Crippen molar-refractivity contribution < 1.29 is 28.7 Å². The van der Waals surface area contributed by atoms with Gasteiger partial charge in [0.1, 0.15) is 24.3 Å². The highest BCUT2D eigenvalue weighted by Gasteiger charge is 2.45. The highest BCUT2D eigenvalue weighted by Crippen LogP contribution is 2.33. The van der Waals surface area contributed by atoms with Gasteiger partial charge >= 0.3 is 12.1 Å². The third kappa shape index (κ3) is 6.55. The van der Waals surface area contributed by atoms with Crippen LogP contribution in [0, 0.1) is 5.92 Å². The zero-order chi connectivity index (χ0) is 31.7. The lowest BCUT2D eigenvalue weighted by Gasteiger charge is -2.40. The molecule has 1 N–H and O–H groups in total. The number of carbonyl (C=O) groups is 4. The van der Waals surface area contributed by atoms with Crippen LogP contribution in [-0.4, -0.2) is 80.9 Å². The Labute approximate surface area is 263 Å². The number of ether oxygens (including phenoxy) is 2. The summed E-state index contributed by atoms with van der Waals surface area (Å²) in [5, 5.41) is 1.03. The number of piperidine rings is 1. The van der Waals surface area contributed by atoms with E-state index in [2.05, 4.69) is 4.98 Å². The summed E-state index contributed by atoms with van der Waals surface area (Å²) in [5.74, 6) is -1.10. The van der Waals surface area contributed by atoms with E-state index in [-0.39, 0.29) is 37.5 Å². The molecule has 4 heterocycles. The Morgan fingerprint density at radius 2 is 1.60 bits per heavy atom. The van der Waals surface area contributed by atoms with Crippen LogP contribution in [0.15, 0.2) is 54.6 Å². The predicted molar refractivity (Wildman–Crippen MR) is 168 cm³/mol. The van der Waals surface area contributed by atoms with Crippen LogP contribution < -0.4 is 0 Å². The summed E-state index contributed by atoms with van der Waals surface area (Å²) in [6, 6.07) is 16.0. The van der Waals surface area contributed by atoms with E-state index in [9.17, 15) is 19.2 Å². The minimum atomic E-state index is -0.804. The molecule has 0 saturated carbocycles. The lowest BCUT2D eigenvalue weighted by molar-refractivity contribution is -0.155. The minimum absolute atomic E-state index is 0.145. The molecule has 10 heteroatoms. The Bertz CT molecular complexity index is 1580. The molecule has 1 unspecified atom stereocenters. The quantitative estimate of drug-likeness (QED) is 0.413. The van der Waals surface area contributed by atoms with Crippen molar-refractivity contribution in [3.8, 4) is 0 Å². The minimum Gasteiger partial charge on any atom is -0.461 e. The Hall–Kier alpha value is -4.34. The largest absolute Gasteiger partial charge is 0.461 e. The van der Waals surface area contributed by atoms with Gasteiger partial charge in [-0.05, 0) is 63.6 Å². The normalized spacial score (nSPS) is 21.8. The van der Waals surface area contributed by atoms with Gasteiger partial charge in [-0.25, -0.2) is 4.79 Å². The van der Waals surface area contributed by atoms with Crippen LogP contribution in [0.25, 0.3) is 10.9 Å². The van der Waals surface area contributed by atoms with Crippen molar-refractivity contribution in [1.29, 1.82) is 0 Å². The van der Waals surface area contributed by atoms with Crippen LogP contribution in [0.3, 0.4) is 0 Å². The Kier molecular flexibility index (Phi) is 8.57. The first-order valence-electron chi connectivity index (χ1n) is 16.0. The van der Waals surface area contributed by atoms with Gasteiger partial charge in [0.2, 0.25) is 11.8 Å². The van der Waals surface area contributed by atoms with E-state index in [0.717, 1.165) is 27.7 Å².